The summed E-state index contributed by atoms with van der Waals surface area (Å²) in [4.78, 5) is 19.3. The number of nitrogens with zero attached hydrogens (tertiary/aromatic N) is 2. The van der Waals surface area contributed by atoms with Crippen molar-refractivity contribution in [3.8, 4) is 5.75 Å². The molecule has 4 rings (SSSR count). The lowest BCUT2D eigenvalue weighted by molar-refractivity contribution is -0.0102. The number of rotatable bonds is 5. The molecule has 0 unspecified atom stereocenters. The largest absolute Gasteiger partial charge is 0.707 e. The Bertz CT molecular complexity index is 1180. The number of fused-ring (bicyclic) bond motifs is 1. The van der Waals surface area contributed by atoms with Crippen LogP contribution in [-0.4, -0.2) is 47.3 Å². The zero-order valence-electron chi connectivity index (χ0n) is 17.5. The van der Waals surface area contributed by atoms with Gasteiger partial charge in [0, 0.05) is 49.1 Å². The van der Waals surface area contributed by atoms with E-state index in [4.69, 9.17) is 14.7 Å². The first-order valence-corrected chi connectivity index (χ1v) is 10.4. The van der Waals surface area contributed by atoms with Crippen LogP contribution in [0.5, 0.6) is 5.75 Å². The van der Waals surface area contributed by atoms with E-state index >= 15 is 0 Å². The van der Waals surface area contributed by atoms with Gasteiger partial charge in [0.1, 0.15) is 17.4 Å². The van der Waals surface area contributed by atoms with Crippen LogP contribution in [0.25, 0.3) is 10.9 Å². The summed E-state index contributed by atoms with van der Waals surface area (Å²) in [5, 5.41) is 21.1. The third-order valence-corrected chi connectivity index (χ3v) is 5.36. The Labute approximate surface area is 188 Å². The normalized spacial score (nSPS) is 15.7. The predicted octanol–water partition coefficient (Wildman–Crippen LogP) is 3.60. The van der Waals surface area contributed by atoms with Crippen LogP contribution in [0.4, 0.5) is 24.7 Å². The minimum absolute atomic E-state index is 0.00117. The summed E-state index contributed by atoms with van der Waals surface area (Å²) in [7, 11) is -2.02. The van der Waals surface area contributed by atoms with E-state index in [9.17, 15) is 18.0 Å². The summed E-state index contributed by atoms with van der Waals surface area (Å²) >= 11 is 0. The molecular weight excluding hydrogens is 438 g/mol. The van der Waals surface area contributed by atoms with Gasteiger partial charge in [-0.3, -0.25) is 4.79 Å². The molecule has 1 aliphatic rings. The lowest BCUT2D eigenvalue weighted by Gasteiger charge is -2.24. The van der Waals surface area contributed by atoms with E-state index in [1.54, 1.807) is 23.1 Å². The van der Waals surface area contributed by atoms with Crippen LogP contribution < -0.4 is 14.9 Å². The second kappa shape index (κ2) is 9.28. The van der Waals surface area contributed by atoms with Crippen molar-refractivity contribution >= 4 is 35.6 Å². The second-order valence-electron chi connectivity index (χ2n) is 7.82. The summed E-state index contributed by atoms with van der Waals surface area (Å²) in [5.74, 6) is -3.53. The van der Waals surface area contributed by atoms with E-state index in [-0.39, 0.29) is 49.5 Å². The number of hydrogen-bond acceptors (Lipinski definition) is 6. The fraction of sp³-hybridized carbons (Fsp3) is 0.273. The Morgan fingerprint density at radius 3 is 2.73 bits per heavy atom. The second-order valence-corrected chi connectivity index (χ2v) is 7.82. The SMILES string of the molecule is O=C(Nc1cccc(OB(O)O)c1)c1cc2ccc(F)cc2nc1N1CCCC(F)(F)CC1. The van der Waals surface area contributed by atoms with Crippen LogP contribution in [0.2, 0.25) is 0 Å². The maximum atomic E-state index is 13.9. The molecule has 11 heteroatoms. The van der Waals surface area contributed by atoms with Crippen molar-refractivity contribution in [2.75, 3.05) is 23.3 Å². The summed E-state index contributed by atoms with van der Waals surface area (Å²) in [5.41, 5.74) is 0.767. The number of alkyl halides is 2. The molecule has 1 aromatic heterocycles. The Hall–Kier alpha value is -3.31. The number of amides is 1. The summed E-state index contributed by atoms with van der Waals surface area (Å²) in [6, 6.07) is 11.5. The van der Waals surface area contributed by atoms with Crippen LogP contribution >= 0.6 is 0 Å². The number of carbonyl (C=O) groups is 1. The molecule has 0 saturated carbocycles. The first kappa shape index (κ1) is 22.9. The topological polar surface area (TPSA) is 94.9 Å². The van der Waals surface area contributed by atoms with Gasteiger partial charge in [-0.2, -0.15) is 0 Å². The van der Waals surface area contributed by atoms with Crippen molar-refractivity contribution in [1.82, 2.24) is 4.98 Å². The Balaban J connectivity index is 1.70. The fourth-order valence-corrected chi connectivity index (χ4v) is 3.78. The van der Waals surface area contributed by atoms with Crippen molar-refractivity contribution < 1.29 is 32.7 Å². The minimum atomic E-state index is -2.79. The molecule has 1 saturated heterocycles. The van der Waals surface area contributed by atoms with Crippen molar-refractivity contribution in [1.29, 1.82) is 0 Å². The van der Waals surface area contributed by atoms with Gasteiger partial charge < -0.3 is 24.9 Å². The van der Waals surface area contributed by atoms with Crippen LogP contribution in [0, 0.1) is 5.82 Å². The van der Waals surface area contributed by atoms with Crippen molar-refractivity contribution in [2.45, 2.75) is 25.2 Å². The molecule has 2 aromatic carbocycles. The van der Waals surface area contributed by atoms with Crippen LogP contribution in [0.3, 0.4) is 0 Å². The van der Waals surface area contributed by atoms with E-state index in [1.165, 1.54) is 30.3 Å². The minimum Gasteiger partial charge on any atom is -0.512 e. The van der Waals surface area contributed by atoms with Gasteiger partial charge >= 0.3 is 7.32 Å². The van der Waals surface area contributed by atoms with E-state index < -0.39 is 25.0 Å². The molecule has 0 atom stereocenters. The molecular formula is C22H21BF3N3O4. The first-order valence-electron chi connectivity index (χ1n) is 10.4. The monoisotopic (exact) mass is 459 g/mol. The molecule has 172 valence electrons. The van der Waals surface area contributed by atoms with E-state index in [2.05, 4.69) is 10.3 Å². The van der Waals surface area contributed by atoms with Gasteiger partial charge in [-0.25, -0.2) is 18.2 Å². The molecule has 0 spiro atoms. The number of benzene rings is 2. The Morgan fingerprint density at radius 1 is 1.12 bits per heavy atom. The van der Waals surface area contributed by atoms with E-state index in [0.717, 1.165) is 0 Å². The third-order valence-electron chi connectivity index (χ3n) is 5.36. The third kappa shape index (κ3) is 5.55. The molecule has 33 heavy (non-hydrogen) atoms. The fourth-order valence-electron chi connectivity index (χ4n) is 3.78. The number of halogens is 3. The van der Waals surface area contributed by atoms with Crippen molar-refractivity contribution in [3.05, 3.63) is 59.9 Å². The highest BCUT2D eigenvalue weighted by molar-refractivity contribution is 6.33. The molecule has 3 aromatic rings. The molecule has 0 radical (unpaired) electrons. The molecule has 2 heterocycles. The van der Waals surface area contributed by atoms with Crippen LogP contribution in [0.15, 0.2) is 48.5 Å². The highest BCUT2D eigenvalue weighted by Gasteiger charge is 2.33. The smallest absolute Gasteiger partial charge is 0.512 e. The highest BCUT2D eigenvalue weighted by atomic mass is 19.3. The van der Waals surface area contributed by atoms with Gasteiger partial charge in [0.05, 0.1) is 11.1 Å². The lowest BCUT2D eigenvalue weighted by Crippen LogP contribution is -2.29. The number of anilines is 2. The van der Waals surface area contributed by atoms with Gasteiger partial charge in [-0.1, -0.05) is 6.07 Å². The van der Waals surface area contributed by atoms with Gasteiger partial charge in [-0.15, -0.1) is 0 Å². The molecule has 1 aliphatic heterocycles. The van der Waals surface area contributed by atoms with Gasteiger partial charge in [-0.05, 0) is 36.8 Å². The molecule has 1 fully saturated rings. The standard InChI is InChI=1S/C22H21BF3N3O4/c24-15-6-5-14-11-18(21(30)27-16-3-1-4-17(13-16)33-23(31)32)20(28-19(14)12-15)29-9-2-7-22(25,26)8-10-29/h1,3-6,11-13,31-32H,2,7-10H2,(H,27,30). The lowest BCUT2D eigenvalue weighted by atomic mass is 10.1. The highest BCUT2D eigenvalue weighted by Crippen LogP contribution is 2.32. The molecule has 3 N–H and O–H groups in total. The molecule has 7 nitrogen and oxygen atoms in total. The number of pyridine rings is 1. The average Bonchev–Trinajstić information content (AvgIpc) is 2.93. The van der Waals surface area contributed by atoms with Gasteiger partial charge in [0.25, 0.3) is 5.91 Å². The number of hydrogen-bond donors (Lipinski definition) is 3. The summed E-state index contributed by atoms with van der Waals surface area (Å²) in [6.45, 7) is 0.278. The zero-order chi connectivity index (χ0) is 23.6. The number of nitrogens with one attached hydrogen (secondary N) is 1. The van der Waals surface area contributed by atoms with Crippen LogP contribution in [0.1, 0.15) is 29.6 Å². The van der Waals surface area contributed by atoms with Crippen molar-refractivity contribution in [2.24, 2.45) is 0 Å². The maximum absolute atomic E-state index is 13.9. The van der Waals surface area contributed by atoms with E-state index in [1.807, 2.05) is 0 Å². The van der Waals surface area contributed by atoms with Gasteiger partial charge in [0.2, 0.25) is 5.92 Å². The predicted molar refractivity (Wildman–Crippen MR) is 118 cm³/mol. The summed E-state index contributed by atoms with van der Waals surface area (Å²) < 4.78 is 46.4. The maximum Gasteiger partial charge on any atom is 0.707 e. The van der Waals surface area contributed by atoms with E-state index in [0.29, 0.717) is 16.6 Å². The van der Waals surface area contributed by atoms with Crippen molar-refractivity contribution in [3.63, 3.8) is 0 Å². The number of aromatic nitrogens is 1. The quantitative estimate of drug-likeness (QED) is 0.505. The Kier molecular flexibility index (Phi) is 6.43. The number of carbonyl (C=O) groups excluding carboxylic acids is 1. The van der Waals surface area contributed by atoms with Gasteiger partial charge in [0.15, 0.2) is 0 Å². The average molecular weight is 459 g/mol. The molecule has 1 amide bonds. The Morgan fingerprint density at radius 2 is 1.94 bits per heavy atom. The first-order chi connectivity index (χ1) is 15.7. The molecule has 0 aliphatic carbocycles. The van der Waals surface area contributed by atoms with Crippen LogP contribution in [-0.2, 0) is 0 Å². The molecule has 0 bridgehead atoms. The zero-order valence-corrected chi connectivity index (χ0v) is 17.5. The summed E-state index contributed by atoms with van der Waals surface area (Å²) in [6.07, 6.45) is -0.406.